The number of halogens is 6. The van der Waals surface area contributed by atoms with Gasteiger partial charge in [-0.05, 0) is 29.8 Å². The lowest BCUT2D eigenvalue weighted by molar-refractivity contribution is -0.192. The van der Waals surface area contributed by atoms with Crippen molar-refractivity contribution in [1.82, 2.24) is 26.1 Å². The van der Waals surface area contributed by atoms with Crippen LogP contribution in [0.25, 0.3) is 10.9 Å². The van der Waals surface area contributed by atoms with E-state index in [1.54, 1.807) is 18.3 Å². The zero-order chi connectivity index (χ0) is 34.7. The van der Waals surface area contributed by atoms with E-state index < -0.39 is 55.3 Å². The number of benzene rings is 2. The molecule has 14 nitrogen and oxygen atoms in total. The van der Waals surface area contributed by atoms with Crippen LogP contribution in [0, 0.1) is 0 Å². The van der Waals surface area contributed by atoms with E-state index in [0.29, 0.717) is 28.1 Å². The summed E-state index contributed by atoms with van der Waals surface area (Å²) in [5.41, 5.74) is 1.66. The third kappa shape index (κ3) is 11.1. The molecule has 1 aromatic heterocycles. The molecule has 2 heterocycles. The summed E-state index contributed by atoms with van der Waals surface area (Å²) < 4.78 is 79.0. The van der Waals surface area contributed by atoms with E-state index in [0.717, 1.165) is 0 Å². The molecule has 0 saturated heterocycles. The zero-order valence-electron chi connectivity index (χ0n) is 24.2. The summed E-state index contributed by atoms with van der Waals surface area (Å²) in [4.78, 5) is 50.5. The van der Waals surface area contributed by atoms with Gasteiger partial charge in [0.25, 0.3) is 5.91 Å². The van der Waals surface area contributed by atoms with Gasteiger partial charge in [0.2, 0.25) is 5.91 Å². The molecule has 4 rings (SSSR count). The summed E-state index contributed by atoms with van der Waals surface area (Å²) in [6.45, 7) is -3.33. The molecule has 0 radical (unpaired) electrons. The van der Waals surface area contributed by atoms with Crippen LogP contribution in [-0.2, 0) is 19.1 Å². The normalized spacial score (nSPS) is 14.9. The van der Waals surface area contributed by atoms with Crippen molar-refractivity contribution in [3.63, 3.8) is 0 Å². The van der Waals surface area contributed by atoms with Crippen LogP contribution in [0.1, 0.15) is 28.4 Å². The number of H-pyrrole nitrogens is 1. The fourth-order valence-corrected chi connectivity index (χ4v) is 3.91. The Morgan fingerprint density at radius 1 is 1.13 bits per heavy atom. The van der Waals surface area contributed by atoms with E-state index in [2.05, 4.69) is 45.9 Å². The number of esters is 1. The summed E-state index contributed by atoms with van der Waals surface area (Å²) in [6.07, 6.45) is -4.85. The van der Waals surface area contributed by atoms with Crippen molar-refractivity contribution in [1.29, 1.82) is 0 Å². The molecule has 1 aliphatic heterocycles. The molecule has 2 amide bonds. The summed E-state index contributed by atoms with van der Waals surface area (Å²) in [7, 11) is 1.19. The summed E-state index contributed by atoms with van der Waals surface area (Å²) in [6, 6.07) is 7.65. The molecule has 0 aliphatic carbocycles. The number of guanidine groups is 1. The van der Waals surface area contributed by atoms with Crippen molar-refractivity contribution in [2.45, 2.75) is 31.4 Å². The van der Waals surface area contributed by atoms with Gasteiger partial charge in [-0.3, -0.25) is 19.5 Å². The van der Waals surface area contributed by atoms with Crippen LogP contribution in [0.4, 0.5) is 32.0 Å². The van der Waals surface area contributed by atoms with E-state index in [1.807, 2.05) is 0 Å². The van der Waals surface area contributed by atoms with Gasteiger partial charge < -0.3 is 35.8 Å². The Bertz CT molecular complexity index is 1600. The Balaban J connectivity index is 0.000000771. The Kier molecular flexibility index (Phi) is 12.3. The molecule has 6 N–H and O–H groups in total. The highest BCUT2D eigenvalue weighted by Crippen LogP contribution is 2.25. The first-order chi connectivity index (χ1) is 22.2. The second kappa shape index (κ2) is 16.1. The van der Waals surface area contributed by atoms with Gasteiger partial charge in [-0.1, -0.05) is 12.1 Å². The first-order valence-corrected chi connectivity index (χ1v) is 13.3. The predicted octanol–water partition coefficient (Wildman–Crippen LogP) is 2.66. The molecule has 47 heavy (non-hydrogen) atoms. The minimum Gasteiger partial charge on any atom is -0.475 e. The number of carboxylic acids is 1. The first kappa shape index (κ1) is 35.9. The quantitative estimate of drug-likeness (QED) is 0.137. The van der Waals surface area contributed by atoms with Crippen LogP contribution >= 0.6 is 0 Å². The lowest BCUT2D eigenvalue weighted by atomic mass is 10.0. The lowest BCUT2D eigenvalue weighted by Crippen LogP contribution is -2.41. The zero-order valence-corrected chi connectivity index (χ0v) is 24.2. The van der Waals surface area contributed by atoms with Gasteiger partial charge in [0.15, 0.2) is 5.96 Å². The number of hydrogen-bond acceptors (Lipinski definition) is 10. The van der Waals surface area contributed by atoms with Crippen molar-refractivity contribution in [2.75, 3.05) is 32.1 Å². The van der Waals surface area contributed by atoms with Crippen LogP contribution in [0.15, 0.2) is 47.6 Å². The van der Waals surface area contributed by atoms with Gasteiger partial charge >= 0.3 is 24.7 Å². The summed E-state index contributed by atoms with van der Waals surface area (Å²) in [5.74, 6) is -4.30. The van der Waals surface area contributed by atoms with Crippen LogP contribution in [0.3, 0.4) is 0 Å². The average Bonchev–Trinajstić information content (AvgIpc) is 3.50. The first-order valence-electron chi connectivity index (χ1n) is 13.3. The Hall–Kier alpha value is -5.56. The van der Waals surface area contributed by atoms with Crippen LogP contribution in [0.5, 0.6) is 5.75 Å². The van der Waals surface area contributed by atoms with Crippen molar-refractivity contribution in [3.05, 3.63) is 53.7 Å². The molecular weight excluding hydrogens is 648 g/mol. The molecule has 2 aromatic carbocycles. The number of carboxylic acid groups (broad SMARTS) is 1. The fourth-order valence-electron chi connectivity index (χ4n) is 3.91. The maximum Gasteiger partial charge on any atom is 0.490 e. The van der Waals surface area contributed by atoms with Gasteiger partial charge in [-0.2, -0.15) is 27.1 Å². The van der Waals surface area contributed by atoms with Crippen LogP contribution in [-0.4, -0.2) is 90.7 Å². The number of rotatable bonds is 10. The van der Waals surface area contributed by atoms with E-state index in [4.69, 9.17) is 9.90 Å². The largest absolute Gasteiger partial charge is 0.490 e. The molecule has 3 aromatic rings. The molecular formula is C27H27F6N7O7. The van der Waals surface area contributed by atoms with Crippen LogP contribution in [0.2, 0.25) is 0 Å². The lowest BCUT2D eigenvalue weighted by Gasteiger charge is -2.20. The van der Waals surface area contributed by atoms with E-state index in [1.165, 1.54) is 31.4 Å². The number of amides is 2. The number of aliphatic imine (C=N–C) groups is 1. The highest BCUT2D eigenvalue weighted by molar-refractivity contribution is 6.07. The molecule has 1 unspecified atom stereocenters. The van der Waals surface area contributed by atoms with Gasteiger partial charge in [0, 0.05) is 10.9 Å². The number of anilines is 1. The highest BCUT2D eigenvalue weighted by atomic mass is 19.4. The van der Waals surface area contributed by atoms with Gasteiger partial charge in [0.1, 0.15) is 11.9 Å². The van der Waals surface area contributed by atoms with Crippen molar-refractivity contribution in [3.8, 4) is 5.75 Å². The van der Waals surface area contributed by atoms with Gasteiger partial charge in [-0.25, -0.2) is 14.2 Å². The number of aliphatic carboxylic acids is 1. The van der Waals surface area contributed by atoms with E-state index in [-0.39, 0.29) is 30.8 Å². The fraction of sp³-hybridized carbons (Fsp3) is 0.333. The van der Waals surface area contributed by atoms with Crippen molar-refractivity contribution >= 4 is 46.3 Å². The number of ether oxygens (including phenoxy) is 2. The van der Waals surface area contributed by atoms with Gasteiger partial charge in [-0.15, -0.1) is 0 Å². The highest BCUT2D eigenvalue weighted by Gasteiger charge is 2.38. The number of carbonyl (C=O) groups is 4. The van der Waals surface area contributed by atoms with Gasteiger partial charge in [0.05, 0.1) is 56.6 Å². The summed E-state index contributed by atoms with van der Waals surface area (Å²) in [5, 5.41) is 25.6. The minimum absolute atomic E-state index is 0.00372. The molecule has 254 valence electrons. The molecule has 2 atom stereocenters. The molecule has 0 saturated carbocycles. The molecule has 0 fully saturated rings. The number of hydrogen-bond donors (Lipinski definition) is 6. The standard InChI is InChI=1S/C25H26F3N7O5.C2HF3O2/c1-39-22(37)8-18(13-2-4-16(5-3-13)40-24(27)28)33-21(36)12-29-23(38)14-6-19(17-11-32-35-20(17)7-14)34-25-30-9-15(26)10-31-25;3-2(4,5)1(6)7/h2-7,11,15,18,24H,8-10,12H2,1H3,(H,29,38)(H,32,35)(H,33,36)(H2,30,31,34);(H,6,7)/t18-;/m0./s1. The SMILES string of the molecule is COC(=O)C[C@H](NC(=O)CNC(=O)c1cc(NC2=NCC(F)CN2)c2cn[nH]c2c1)c1ccc(OC(F)F)cc1.O=C(O)C(F)(F)F. The smallest absolute Gasteiger partial charge is 0.475 e. The molecule has 20 heteroatoms. The number of nitrogens with one attached hydrogen (secondary N) is 5. The third-order valence-electron chi connectivity index (χ3n) is 6.11. The number of methoxy groups -OCH3 is 1. The predicted molar refractivity (Wildman–Crippen MR) is 152 cm³/mol. The summed E-state index contributed by atoms with van der Waals surface area (Å²) >= 11 is 0. The van der Waals surface area contributed by atoms with Crippen molar-refractivity contribution in [2.24, 2.45) is 4.99 Å². The molecule has 0 bridgehead atoms. The molecule has 0 spiro atoms. The van der Waals surface area contributed by atoms with E-state index in [9.17, 15) is 40.7 Å². The Labute approximate surface area is 260 Å². The molecule has 1 aliphatic rings. The number of aromatic nitrogens is 2. The number of aromatic amines is 1. The number of alkyl halides is 6. The van der Waals surface area contributed by atoms with E-state index >= 15 is 0 Å². The van der Waals surface area contributed by atoms with Crippen molar-refractivity contribution < 1.29 is 60.1 Å². The average molecular weight is 676 g/mol. The maximum absolute atomic E-state index is 13.4. The topological polar surface area (TPSA) is 196 Å². The number of carbonyl (C=O) groups excluding carboxylic acids is 3. The minimum atomic E-state index is -5.08. The third-order valence-corrected chi connectivity index (χ3v) is 6.11. The Morgan fingerprint density at radius 3 is 2.38 bits per heavy atom. The number of nitrogens with zero attached hydrogens (tertiary/aromatic N) is 2. The van der Waals surface area contributed by atoms with Crippen LogP contribution < -0.4 is 26.0 Å². The maximum atomic E-state index is 13.4. The monoisotopic (exact) mass is 675 g/mol. The second-order valence-corrected chi connectivity index (χ2v) is 9.48. The Morgan fingerprint density at radius 2 is 1.81 bits per heavy atom. The second-order valence-electron chi connectivity index (χ2n) is 9.48. The number of fused-ring (bicyclic) bond motifs is 1.